The fourth-order valence-electron chi connectivity index (χ4n) is 1.45. The van der Waals surface area contributed by atoms with E-state index in [4.69, 9.17) is 5.26 Å². The zero-order chi connectivity index (χ0) is 12.4. The van der Waals surface area contributed by atoms with Gasteiger partial charge in [-0.25, -0.2) is 4.98 Å². The van der Waals surface area contributed by atoms with E-state index < -0.39 is 0 Å². The van der Waals surface area contributed by atoms with Gasteiger partial charge in [-0.05, 0) is 19.1 Å². The van der Waals surface area contributed by atoms with Crippen molar-refractivity contribution in [1.82, 2.24) is 9.97 Å². The quantitative estimate of drug-likeness (QED) is 0.845. The van der Waals surface area contributed by atoms with Gasteiger partial charge in [0.05, 0.1) is 16.3 Å². The Morgan fingerprint density at radius 1 is 1.53 bits per heavy atom. The molecule has 0 radical (unpaired) electrons. The number of thiazole rings is 1. The van der Waals surface area contributed by atoms with Crippen LogP contribution >= 0.6 is 11.3 Å². The van der Waals surface area contributed by atoms with Crippen molar-refractivity contribution in [3.8, 4) is 16.6 Å². The first-order chi connectivity index (χ1) is 8.15. The second kappa shape index (κ2) is 4.39. The van der Waals surface area contributed by atoms with Crippen molar-refractivity contribution in [3.05, 3.63) is 33.7 Å². The summed E-state index contributed by atoms with van der Waals surface area (Å²) in [5, 5.41) is 12.4. The van der Waals surface area contributed by atoms with Crippen LogP contribution in [0.5, 0.6) is 0 Å². The summed E-state index contributed by atoms with van der Waals surface area (Å²) < 4.78 is 0. The van der Waals surface area contributed by atoms with Gasteiger partial charge in [0.2, 0.25) is 0 Å². The van der Waals surface area contributed by atoms with Gasteiger partial charge >= 0.3 is 0 Å². The summed E-state index contributed by atoms with van der Waals surface area (Å²) in [5.74, 6) is 0. The molecule has 86 valence electrons. The maximum Gasteiger partial charge on any atom is 0.266 e. The summed E-state index contributed by atoms with van der Waals surface area (Å²) in [4.78, 5) is 19.4. The zero-order valence-corrected chi connectivity index (χ0v) is 10.2. The highest BCUT2D eigenvalue weighted by atomic mass is 32.1. The summed E-state index contributed by atoms with van der Waals surface area (Å²) in [7, 11) is 1.80. The second-order valence-corrected chi connectivity index (χ2v) is 4.41. The summed E-state index contributed by atoms with van der Waals surface area (Å²) in [6.45, 7) is 1.88. The Morgan fingerprint density at radius 3 is 2.82 bits per heavy atom. The van der Waals surface area contributed by atoms with E-state index in [1.807, 2.05) is 13.0 Å². The molecular weight excluding hydrogens is 236 g/mol. The minimum Gasteiger partial charge on any atom is -0.365 e. The lowest BCUT2D eigenvalue weighted by Crippen LogP contribution is -2.09. The molecule has 0 unspecified atom stereocenters. The standard InChI is InChI=1S/C11H10N4OS/c1-6-9(17-11(13-2)14-6)8-4-3-7(5-12)10(16)15-8/h3-4H,1-2H3,(H,13,14)(H,15,16). The predicted octanol–water partition coefficient (Wildman–Crippen LogP) is 1.72. The Balaban J connectivity index is 2.54. The van der Waals surface area contributed by atoms with E-state index >= 15 is 0 Å². The molecule has 0 fully saturated rings. The molecule has 2 aromatic heterocycles. The van der Waals surface area contributed by atoms with Crippen LogP contribution in [0.1, 0.15) is 11.3 Å². The smallest absolute Gasteiger partial charge is 0.266 e. The van der Waals surface area contributed by atoms with Crippen molar-refractivity contribution in [1.29, 1.82) is 5.26 Å². The SMILES string of the molecule is CNc1nc(C)c(-c2ccc(C#N)c(=O)[nH]2)s1. The molecule has 6 heteroatoms. The average Bonchev–Trinajstić information content (AvgIpc) is 2.70. The van der Waals surface area contributed by atoms with E-state index in [2.05, 4.69) is 15.3 Å². The molecule has 2 N–H and O–H groups in total. The lowest BCUT2D eigenvalue weighted by Gasteiger charge is -1.98. The van der Waals surface area contributed by atoms with Crippen LogP contribution in [0.3, 0.4) is 0 Å². The monoisotopic (exact) mass is 246 g/mol. The van der Waals surface area contributed by atoms with Gasteiger partial charge in [0, 0.05) is 7.05 Å². The third kappa shape index (κ3) is 2.05. The van der Waals surface area contributed by atoms with Gasteiger partial charge in [0.25, 0.3) is 5.56 Å². The fourth-order valence-corrected chi connectivity index (χ4v) is 2.35. The number of anilines is 1. The first kappa shape index (κ1) is 11.4. The normalized spacial score (nSPS) is 9.94. The summed E-state index contributed by atoms with van der Waals surface area (Å²) in [6, 6.07) is 5.08. The maximum absolute atomic E-state index is 11.5. The van der Waals surface area contributed by atoms with Crippen LogP contribution in [0, 0.1) is 18.3 Å². The second-order valence-electron chi connectivity index (χ2n) is 3.41. The molecule has 0 aliphatic rings. The number of nitrogens with zero attached hydrogens (tertiary/aromatic N) is 2. The minimum atomic E-state index is -0.371. The van der Waals surface area contributed by atoms with Crippen molar-refractivity contribution in [2.45, 2.75) is 6.92 Å². The predicted molar refractivity (Wildman–Crippen MR) is 67.2 cm³/mol. The molecule has 2 heterocycles. The number of hydrogen-bond donors (Lipinski definition) is 2. The number of rotatable bonds is 2. The van der Waals surface area contributed by atoms with Gasteiger partial charge in [0.1, 0.15) is 11.6 Å². The van der Waals surface area contributed by atoms with Crippen LogP contribution in [0.2, 0.25) is 0 Å². The first-order valence-corrected chi connectivity index (χ1v) is 5.76. The molecule has 0 spiro atoms. The summed E-state index contributed by atoms with van der Waals surface area (Å²) >= 11 is 1.46. The highest BCUT2D eigenvalue weighted by molar-refractivity contribution is 7.19. The van der Waals surface area contributed by atoms with Gasteiger partial charge in [0.15, 0.2) is 5.13 Å². The Kier molecular flexibility index (Phi) is 2.93. The van der Waals surface area contributed by atoms with Crippen LogP contribution in [-0.2, 0) is 0 Å². The maximum atomic E-state index is 11.5. The van der Waals surface area contributed by atoms with E-state index in [1.165, 1.54) is 17.4 Å². The van der Waals surface area contributed by atoms with Crippen molar-refractivity contribution >= 4 is 16.5 Å². The lowest BCUT2D eigenvalue weighted by atomic mass is 10.2. The molecule has 17 heavy (non-hydrogen) atoms. The molecule has 0 amide bonds. The Hall–Kier alpha value is -2.13. The van der Waals surface area contributed by atoms with E-state index in [9.17, 15) is 4.79 Å². The molecule has 0 saturated carbocycles. The third-order valence-electron chi connectivity index (χ3n) is 2.29. The number of pyridine rings is 1. The molecule has 5 nitrogen and oxygen atoms in total. The van der Waals surface area contributed by atoms with Crippen molar-refractivity contribution in [2.75, 3.05) is 12.4 Å². The summed E-state index contributed by atoms with van der Waals surface area (Å²) in [6.07, 6.45) is 0. The molecule has 0 aliphatic carbocycles. The topological polar surface area (TPSA) is 81.6 Å². The molecule has 0 saturated heterocycles. The van der Waals surface area contributed by atoms with Crippen LogP contribution < -0.4 is 10.9 Å². The summed E-state index contributed by atoms with van der Waals surface area (Å²) in [5.41, 5.74) is 1.28. The number of aromatic amines is 1. The van der Waals surface area contributed by atoms with Crippen LogP contribution in [-0.4, -0.2) is 17.0 Å². The highest BCUT2D eigenvalue weighted by Crippen LogP contribution is 2.30. The fraction of sp³-hybridized carbons (Fsp3) is 0.182. The number of nitriles is 1. The van der Waals surface area contributed by atoms with E-state index in [1.54, 1.807) is 13.1 Å². The highest BCUT2D eigenvalue weighted by Gasteiger charge is 2.10. The Morgan fingerprint density at radius 2 is 2.29 bits per heavy atom. The number of aromatic nitrogens is 2. The van der Waals surface area contributed by atoms with Gasteiger partial charge in [-0.1, -0.05) is 11.3 Å². The largest absolute Gasteiger partial charge is 0.365 e. The van der Waals surface area contributed by atoms with Gasteiger partial charge < -0.3 is 10.3 Å². The molecule has 0 aromatic carbocycles. The third-order valence-corrected chi connectivity index (χ3v) is 3.49. The van der Waals surface area contributed by atoms with Crippen molar-refractivity contribution < 1.29 is 0 Å². The van der Waals surface area contributed by atoms with E-state index in [0.717, 1.165) is 15.7 Å². The van der Waals surface area contributed by atoms with Crippen molar-refractivity contribution in [2.24, 2.45) is 0 Å². The average molecular weight is 246 g/mol. The van der Waals surface area contributed by atoms with Crippen molar-refractivity contribution in [3.63, 3.8) is 0 Å². The van der Waals surface area contributed by atoms with E-state index in [-0.39, 0.29) is 11.1 Å². The number of aryl methyl sites for hydroxylation is 1. The number of hydrogen-bond acceptors (Lipinski definition) is 5. The van der Waals surface area contributed by atoms with Gasteiger partial charge in [-0.15, -0.1) is 0 Å². The lowest BCUT2D eigenvalue weighted by molar-refractivity contribution is 1.20. The number of H-pyrrole nitrogens is 1. The Bertz CT molecular complexity index is 650. The molecule has 0 bridgehead atoms. The molecular formula is C11H10N4OS. The Labute approximate surface area is 102 Å². The van der Waals surface area contributed by atoms with Gasteiger partial charge in [-0.2, -0.15) is 5.26 Å². The van der Waals surface area contributed by atoms with Crippen LogP contribution in [0.15, 0.2) is 16.9 Å². The first-order valence-electron chi connectivity index (χ1n) is 4.94. The molecule has 0 atom stereocenters. The van der Waals surface area contributed by atoms with Crippen LogP contribution in [0.4, 0.5) is 5.13 Å². The van der Waals surface area contributed by atoms with Gasteiger partial charge in [-0.3, -0.25) is 4.79 Å². The van der Waals surface area contributed by atoms with E-state index in [0.29, 0.717) is 5.69 Å². The van der Waals surface area contributed by atoms with Crippen LogP contribution in [0.25, 0.3) is 10.6 Å². The number of nitrogens with one attached hydrogen (secondary N) is 2. The minimum absolute atomic E-state index is 0.116. The molecule has 2 rings (SSSR count). The molecule has 2 aromatic rings. The molecule has 0 aliphatic heterocycles. The zero-order valence-electron chi connectivity index (χ0n) is 9.37.